The number of carbonyl (C=O) groups is 1. The van der Waals surface area contributed by atoms with Crippen molar-refractivity contribution >= 4 is 23.2 Å². The van der Waals surface area contributed by atoms with Crippen LogP contribution in [0.25, 0.3) is 5.65 Å². The zero-order valence-electron chi connectivity index (χ0n) is 21.3. The topological polar surface area (TPSA) is 78.2 Å². The summed E-state index contributed by atoms with van der Waals surface area (Å²) in [6, 6.07) is 8.15. The molecule has 2 fully saturated rings. The number of benzene rings is 1. The summed E-state index contributed by atoms with van der Waals surface area (Å²) in [5, 5.41) is 8.46. The number of hydrogen-bond donors (Lipinski definition) is 1. The number of anilines is 2. The fraction of sp³-hybridized carbons (Fsp3) is 0.519. The highest BCUT2D eigenvalue weighted by Gasteiger charge is 2.33. The Hall–Kier alpha value is -3.40. The van der Waals surface area contributed by atoms with Crippen molar-refractivity contribution < 1.29 is 13.9 Å². The molecule has 3 aromatic rings. The fourth-order valence-electron chi connectivity index (χ4n) is 5.50. The summed E-state index contributed by atoms with van der Waals surface area (Å²) in [5.41, 5.74) is 1.87. The molecule has 196 valence electrons. The van der Waals surface area contributed by atoms with E-state index in [0.717, 1.165) is 75.0 Å². The van der Waals surface area contributed by atoms with E-state index in [1.54, 1.807) is 6.07 Å². The van der Waals surface area contributed by atoms with Gasteiger partial charge in [-0.05, 0) is 50.8 Å². The Labute approximate surface area is 216 Å². The molecular weight excluding hydrogens is 473 g/mol. The standard InChI is InChI=1S/C27H34FN7O2/c1-2-32-14-9-29-10-15-37-23-8-7-19(28)16-20(23)27(36)34-13-4-3-6-22(34)21-17-25-30-24(33-11-5-12-33)18-26(32)35(25)31-21/h7-8,16-18,22,29H,2-6,9-15H2,1H3. The van der Waals surface area contributed by atoms with Gasteiger partial charge in [-0.2, -0.15) is 9.61 Å². The predicted octanol–water partition coefficient (Wildman–Crippen LogP) is 3.25. The first-order valence-electron chi connectivity index (χ1n) is 13.5. The summed E-state index contributed by atoms with van der Waals surface area (Å²) < 4.78 is 22.2. The zero-order chi connectivity index (χ0) is 25.4. The van der Waals surface area contributed by atoms with E-state index in [2.05, 4.69) is 28.1 Å². The highest BCUT2D eigenvalue weighted by atomic mass is 19.1. The van der Waals surface area contributed by atoms with Crippen LogP contribution in [0.3, 0.4) is 0 Å². The van der Waals surface area contributed by atoms with E-state index in [4.69, 9.17) is 14.8 Å². The van der Waals surface area contributed by atoms with Crippen molar-refractivity contribution in [3.8, 4) is 5.75 Å². The molecule has 1 amide bonds. The van der Waals surface area contributed by atoms with E-state index < -0.39 is 5.82 Å². The number of likely N-dealkylation sites (N-methyl/N-ethyl adjacent to an activating group) is 1. The summed E-state index contributed by atoms with van der Waals surface area (Å²) in [6.07, 6.45) is 3.88. The van der Waals surface area contributed by atoms with Crippen molar-refractivity contribution in [2.45, 2.75) is 38.6 Å². The monoisotopic (exact) mass is 507 g/mol. The Balaban J connectivity index is 1.46. The van der Waals surface area contributed by atoms with Crippen molar-refractivity contribution in [3.05, 3.63) is 47.4 Å². The number of ether oxygens (including phenoxy) is 1. The van der Waals surface area contributed by atoms with Crippen LogP contribution in [0.15, 0.2) is 30.3 Å². The van der Waals surface area contributed by atoms with Crippen LogP contribution < -0.4 is 19.9 Å². The molecule has 0 saturated carbocycles. The minimum atomic E-state index is -0.448. The van der Waals surface area contributed by atoms with Crippen LogP contribution in [-0.2, 0) is 0 Å². The first-order chi connectivity index (χ1) is 18.1. The van der Waals surface area contributed by atoms with Crippen molar-refractivity contribution in [1.82, 2.24) is 24.8 Å². The van der Waals surface area contributed by atoms with Gasteiger partial charge in [0.25, 0.3) is 5.91 Å². The number of carbonyl (C=O) groups excluding carboxylic acids is 1. The molecule has 6 rings (SSSR count). The molecule has 3 aliphatic rings. The number of rotatable bonds is 2. The molecule has 1 N–H and O–H groups in total. The molecule has 0 aliphatic carbocycles. The molecule has 0 spiro atoms. The van der Waals surface area contributed by atoms with E-state index in [-0.39, 0.29) is 17.5 Å². The predicted molar refractivity (Wildman–Crippen MR) is 140 cm³/mol. The van der Waals surface area contributed by atoms with E-state index in [0.29, 0.717) is 25.4 Å². The summed E-state index contributed by atoms with van der Waals surface area (Å²) >= 11 is 0. The third kappa shape index (κ3) is 4.58. The number of nitrogens with one attached hydrogen (secondary N) is 1. The van der Waals surface area contributed by atoms with Gasteiger partial charge in [0.2, 0.25) is 0 Å². The van der Waals surface area contributed by atoms with Crippen LogP contribution in [0.2, 0.25) is 0 Å². The zero-order valence-corrected chi connectivity index (χ0v) is 21.3. The van der Waals surface area contributed by atoms with E-state index in [1.165, 1.54) is 18.6 Å². The Morgan fingerprint density at radius 3 is 2.78 bits per heavy atom. The average Bonchev–Trinajstić information content (AvgIpc) is 3.31. The third-order valence-corrected chi connectivity index (χ3v) is 7.67. The van der Waals surface area contributed by atoms with Gasteiger partial charge in [-0.25, -0.2) is 9.37 Å². The molecule has 5 heterocycles. The van der Waals surface area contributed by atoms with Gasteiger partial charge >= 0.3 is 0 Å². The molecule has 1 aromatic carbocycles. The third-order valence-electron chi connectivity index (χ3n) is 7.67. The van der Waals surface area contributed by atoms with Gasteiger partial charge < -0.3 is 24.8 Å². The van der Waals surface area contributed by atoms with Gasteiger partial charge in [0.15, 0.2) is 5.65 Å². The molecule has 0 radical (unpaired) electrons. The SMILES string of the molecule is CCN1CCNCCOc2ccc(F)cc2C(=O)N2CCCCC2c2cc3nc(N4CCC4)cc1n3n2. The van der Waals surface area contributed by atoms with Gasteiger partial charge in [0.05, 0.1) is 17.3 Å². The fourth-order valence-corrected chi connectivity index (χ4v) is 5.50. The molecule has 2 saturated heterocycles. The lowest BCUT2D eigenvalue weighted by atomic mass is 9.98. The molecule has 1 unspecified atom stereocenters. The number of halogens is 1. The first kappa shape index (κ1) is 24.0. The lowest BCUT2D eigenvalue weighted by molar-refractivity contribution is 0.0601. The molecule has 1 atom stereocenters. The van der Waals surface area contributed by atoms with E-state index >= 15 is 0 Å². The van der Waals surface area contributed by atoms with Crippen molar-refractivity contribution in [1.29, 1.82) is 0 Å². The van der Waals surface area contributed by atoms with Crippen molar-refractivity contribution in [3.63, 3.8) is 0 Å². The molecule has 9 nitrogen and oxygen atoms in total. The summed E-state index contributed by atoms with van der Waals surface area (Å²) in [6.45, 7) is 8.18. The van der Waals surface area contributed by atoms with Gasteiger partial charge in [0, 0.05) is 57.9 Å². The van der Waals surface area contributed by atoms with Gasteiger partial charge in [-0.15, -0.1) is 0 Å². The number of fused-ring (bicyclic) bond motifs is 4. The molecule has 3 aliphatic heterocycles. The van der Waals surface area contributed by atoms with Gasteiger partial charge in [0.1, 0.15) is 29.8 Å². The van der Waals surface area contributed by atoms with Crippen molar-refractivity contribution in [2.75, 3.05) is 62.2 Å². The highest BCUT2D eigenvalue weighted by molar-refractivity contribution is 5.97. The average molecular weight is 508 g/mol. The number of nitrogens with zero attached hydrogens (tertiary/aromatic N) is 6. The van der Waals surface area contributed by atoms with E-state index in [9.17, 15) is 9.18 Å². The Morgan fingerprint density at radius 2 is 1.97 bits per heavy atom. The van der Waals surface area contributed by atoms with Crippen LogP contribution in [0.5, 0.6) is 5.75 Å². The second-order valence-electron chi connectivity index (χ2n) is 9.98. The quantitative estimate of drug-likeness (QED) is 0.571. The largest absolute Gasteiger partial charge is 0.491 e. The number of hydrogen-bond acceptors (Lipinski definition) is 7. The number of aromatic nitrogens is 3. The molecular formula is C27H34FN7O2. The Bertz CT molecular complexity index is 1290. The minimum Gasteiger partial charge on any atom is -0.491 e. The van der Waals surface area contributed by atoms with E-state index in [1.807, 2.05) is 15.5 Å². The summed E-state index contributed by atoms with van der Waals surface area (Å²) in [5.74, 6) is 1.72. The maximum atomic E-state index is 14.3. The first-order valence-corrected chi connectivity index (χ1v) is 13.5. The van der Waals surface area contributed by atoms with Crippen molar-refractivity contribution in [2.24, 2.45) is 0 Å². The Kier molecular flexibility index (Phi) is 6.58. The maximum Gasteiger partial charge on any atom is 0.258 e. The second kappa shape index (κ2) is 10.2. The van der Waals surface area contributed by atoms with Crippen LogP contribution in [0.1, 0.15) is 54.7 Å². The molecule has 37 heavy (non-hydrogen) atoms. The summed E-state index contributed by atoms with van der Waals surface area (Å²) in [7, 11) is 0. The lowest BCUT2D eigenvalue weighted by Crippen LogP contribution is -2.39. The maximum absolute atomic E-state index is 14.3. The lowest BCUT2D eigenvalue weighted by Gasteiger charge is -2.35. The van der Waals surface area contributed by atoms with Crippen LogP contribution in [0.4, 0.5) is 16.0 Å². The molecule has 2 aromatic heterocycles. The normalized spacial score (nSPS) is 21.0. The van der Waals surface area contributed by atoms with Gasteiger partial charge in [-0.3, -0.25) is 4.79 Å². The smallest absolute Gasteiger partial charge is 0.258 e. The molecule has 2 bridgehead atoms. The number of piperidine rings is 1. The Morgan fingerprint density at radius 1 is 1.08 bits per heavy atom. The van der Waals surface area contributed by atoms with Crippen LogP contribution >= 0.6 is 0 Å². The molecule has 10 heteroatoms. The highest BCUT2D eigenvalue weighted by Crippen LogP contribution is 2.35. The minimum absolute atomic E-state index is 0.205. The van der Waals surface area contributed by atoms with Crippen LogP contribution in [0, 0.1) is 5.82 Å². The van der Waals surface area contributed by atoms with Gasteiger partial charge in [-0.1, -0.05) is 0 Å². The second-order valence-corrected chi connectivity index (χ2v) is 9.98. The number of amides is 1. The summed E-state index contributed by atoms with van der Waals surface area (Å²) in [4.78, 5) is 25.2. The van der Waals surface area contributed by atoms with Crippen LogP contribution in [-0.4, -0.2) is 77.8 Å².